The van der Waals surface area contributed by atoms with Gasteiger partial charge >= 0.3 is 0 Å². The van der Waals surface area contributed by atoms with Gasteiger partial charge in [-0.15, -0.1) is 5.11 Å². The largest absolute Gasteiger partial charge is 0.505 e. The number of nitrogens with zero attached hydrogens (tertiary/aromatic N) is 5. The molecule has 0 aliphatic heterocycles. The Labute approximate surface area is 315 Å². The Balaban J connectivity index is 1.27. The first-order valence-electron chi connectivity index (χ1n) is 15.6. The van der Waals surface area contributed by atoms with Crippen molar-refractivity contribution in [3.8, 4) is 0 Å². The van der Waals surface area contributed by atoms with E-state index in [-0.39, 0.29) is 34.3 Å². The van der Waals surface area contributed by atoms with Crippen LogP contribution in [-0.2, 0) is 29.8 Å². The van der Waals surface area contributed by atoms with Crippen LogP contribution in [0.4, 0.5) is 34.1 Å². The van der Waals surface area contributed by atoms with Crippen LogP contribution in [0.2, 0.25) is 0 Å². The van der Waals surface area contributed by atoms with Crippen LogP contribution in [0.25, 0.3) is 6.08 Å². The third-order valence-electron chi connectivity index (χ3n) is 7.67. The molecule has 0 spiro atoms. The maximum Gasteiger partial charge on any atom is 0.296 e. The first-order chi connectivity index (χ1) is 26.5. The van der Waals surface area contributed by atoms with E-state index in [1.165, 1.54) is 72.8 Å². The Kier molecular flexibility index (Phi) is 10.4. The smallest absolute Gasteiger partial charge is 0.296 e. The molecule has 0 unspecified atom stereocenters. The van der Waals surface area contributed by atoms with Crippen molar-refractivity contribution in [2.24, 2.45) is 25.5 Å². The second-order valence-electron chi connectivity index (χ2n) is 11.5. The van der Waals surface area contributed by atoms with Gasteiger partial charge in [0, 0.05) is 12.2 Å². The van der Waals surface area contributed by atoms with Gasteiger partial charge in [-0.3, -0.25) is 39.8 Å². The fraction of sp³-hybridized carbons (Fsp3) is 0. The molecule has 3 aliphatic carbocycles. The summed E-state index contributed by atoms with van der Waals surface area (Å²) in [6.07, 6.45) is 7.77. The van der Waals surface area contributed by atoms with Gasteiger partial charge in [-0.05, 0) is 90.5 Å². The lowest BCUT2D eigenvalue weighted by atomic mass is 9.92. The minimum atomic E-state index is -5.17. The SMILES string of the molecule is Nc1c(N=Nc2ccc(N/N=C3\C=CC(=O)C=C3O)cc2)c(S(=O)(=O)O)cc2c1C(=O)/C(=N\Nc1ccc(N/N=C3\C=CC(=O)C=C3O)cc1)C(S(=O)(=O)O)=C2. The van der Waals surface area contributed by atoms with Gasteiger partial charge in [0.15, 0.2) is 17.3 Å². The number of carbonyl (C=O) groups is 3. The standard InChI is InChI=1S/C34H25N9O11S2/c35-31-30-17(13-28(55(49,50)51)32(31)42-38-20-5-1-18(2-6-20)36-40-24-11-9-22(44)15-26(24)46)14-29(56(52,53)54)33(34(30)48)43-39-21-7-3-19(4-8-21)37-41-25-12-10-23(45)16-27(25)47/h1-16,36-37,39,46-47H,35H2,(H,49,50,51)(H,52,53,54)/b40-24+,41-25+,42-38?,43-33-. The number of hydrogen-bond acceptors (Lipinski definition) is 18. The van der Waals surface area contributed by atoms with E-state index in [1.54, 1.807) is 0 Å². The molecule has 22 heteroatoms. The van der Waals surface area contributed by atoms with Crippen molar-refractivity contribution in [1.82, 2.24) is 0 Å². The van der Waals surface area contributed by atoms with Crippen molar-refractivity contribution in [3.63, 3.8) is 0 Å². The summed E-state index contributed by atoms with van der Waals surface area (Å²) >= 11 is 0. The van der Waals surface area contributed by atoms with Gasteiger partial charge < -0.3 is 15.9 Å². The highest BCUT2D eigenvalue weighted by Gasteiger charge is 2.37. The maximum absolute atomic E-state index is 13.8. The summed E-state index contributed by atoms with van der Waals surface area (Å²) in [5, 5.41) is 39.4. The van der Waals surface area contributed by atoms with E-state index in [2.05, 4.69) is 41.8 Å². The number of nitrogen functional groups attached to an aromatic ring is 1. The molecule has 0 atom stereocenters. The summed E-state index contributed by atoms with van der Waals surface area (Å²) in [5.41, 5.74) is 12.4. The van der Waals surface area contributed by atoms with Gasteiger partial charge in [-0.25, -0.2) is 0 Å². The van der Waals surface area contributed by atoms with Crippen molar-refractivity contribution >= 4 is 94.9 Å². The minimum Gasteiger partial charge on any atom is -0.505 e. The van der Waals surface area contributed by atoms with Crippen LogP contribution in [0, 0.1) is 0 Å². The molecule has 0 aromatic heterocycles. The monoisotopic (exact) mass is 799 g/mol. The van der Waals surface area contributed by atoms with E-state index in [9.17, 15) is 50.5 Å². The summed E-state index contributed by atoms with van der Waals surface area (Å²) < 4.78 is 69.7. The first-order valence-corrected chi connectivity index (χ1v) is 18.4. The average Bonchev–Trinajstić information content (AvgIpc) is 3.13. The van der Waals surface area contributed by atoms with Gasteiger partial charge in [0.05, 0.1) is 34.0 Å². The molecule has 3 aromatic rings. The maximum atomic E-state index is 13.8. The molecule has 6 rings (SSSR count). The highest BCUT2D eigenvalue weighted by molar-refractivity contribution is 7.91. The van der Waals surface area contributed by atoms with Gasteiger partial charge in [-0.2, -0.15) is 37.3 Å². The van der Waals surface area contributed by atoms with E-state index < -0.39 is 75.6 Å². The molecule has 0 saturated carbocycles. The topological polar surface area (TPSA) is 324 Å². The van der Waals surface area contributed by atoms with E-state index in [1.807, 2.05) is 0 Å². The number of azo groups is 1. The number of nitrogens with one attached hydrogen (secondary N) is 3. The number of fused-ring (bicyclic) bond motifs is 1. The first kappa shape index (κ1) is 38.3. The molecule has 56 heavy (non-hydrogen) atoms. The molecule has 0 fully saturated rings. The molecule has 0 bridgehead atoms. The zero-order valence-corrected chi connectivity index (χ0v) is 29.6. The highest BCUT2D eigenvalue weighted by Crippen LogP contribution is 2.41. The van der Waals surface area contributed by atoms with Gasteiger partial charge in [0.25, 0.3) is 20.2 Å². The van der Waals surface area contributed by atoms with Crippen molar-refractivity contribution in [2.45, 2.75) is 4.90 Å². The number of ketones is 3. The molecule has 20 nitrogen and oxygen atoms in total. The Hall–Kier alpha value is -7.40. The molecule has 3 aliphatic rings. The third kappa shape index (κ3) is 8.53. The summed E-state index contributed by atoms with van der Waals surface area (Å²) in [4.78, 5) is 34.5. The summed E-state index contributed by atoms with van der Waals surface area (Å²) in [6, 6.07) is 12.4. The van der Waals surface area contributed by atoms with Crippen molar-refractivity contribution in [2.75, 3.05) is 22.0 Å². The molecular formula is C34H25N9O11S2. The third-order valence-corrected chi connectivity index (χ3v) is 9.40. The Morgan fingerprint density at radius 1 is 0.607 bits per heavy atom. The highest BCUT2D eigenvalue weighted by atomic mass is 32.2. The van der Waals surface area contributed by atoms with Crippen LogP contribution >= 0.6 is 0 Å². The predicted octanol–water partition coefficient (Wildman–Crippen LogP) is 4.52. The molecular weight excluding hydrogens is 775 g/mol. The normalized spacial score (nSPS) is 17.9. The number of hydrogen-bond donors (Lipinski definition) is 8. The number of Topliss-reactive ketones (excluding diaryl/α,β-unsaturated/α-hetero) is 1. The number of allylic oxidation sites excluding steroid dienone is 7. The molecule has 3 aromatic carbocycles. The molecule has 0 heterocycles. The Morgan fingerprint density at radius 2 is 1.09 bits per heavy atom. The predicted molar refractivity (Wildman–Crippen MR) is 204 cm³/mol. The minimum absolute atomic E-state index is 0.0925. The van der Waals surface area contributed by atoms with E-state index in [0.29, 0.717) is 11.4 Å². The molecule has 9 N–H and O–H groups in total. The lowest BCUT2D eigenvalue weighted by molar-refractivity contribution is -0.111. The van der Waals surface area contributed by atoms with Crippen LogP contribution < -0.4 is 22.0 Å². The molecule has 0 amide bonds. The van der Waals surface area contributed by atoms with E-state index >= 15 is 0 Å². The fourth-order valence-electron chi connectivity index (χ4n) is 4.99. The Bertz CT molecular complexity index is 2730. The number of nitrogens with two attached hydrogens (primary N) is 1. The summed E-state index contributed by atoms with van der Waals surface area (Å²) in [7, 11) is -10.3. The van der Waals surface area contributed by atoms with Crippen LogP contribution in [0.15, 0.2) is 138 Å². The van der Waals surface area contributed by atoms with Crippen LogP contribution in [0.5, 0.6) is 0 Å². The van der Waals surface area contributed by atoms with Crippen molar-refractivity contribution in [3.05, 3.63) is 119 Å². The number of anilines is 4. The van der Waals surface area contributed by atoms with Gasteiger partial charge in [0.2, 0.25) is 5.78 Å². The second-order valence-corrected chi connectivity index (χ2v) is 14.3. The molecule has 0 radical (unpaired) electrons. The number of benzene rings is 3. The van der Waals surface area contributed by atoms with E-state index in [4.69, 9.17) is 5.73 Å². The van der Waals surface area contributed by atoms with E-state index in [0.717, 1.165) is 24.3 Å². The summed E-state index contributed by atoms with van der Waals surface area (Å²) in [5.74, 6) is -2.66. The second kappa shape index (κ2) is 15.2. The van der Waals surface area contributed by atoms with Crippen LogP contribution in [0.1, 0.15) is 15.9 Å². The van der Waals surface area contributed by atoms with Crippen LogP contribution in [-0.4, -0.2) is 70.6 Å². The summed E-state index contributed by atoms with van der Waals surface area (Å²) in [6.45, 7) is 0. The Morgan fingerprint density at radius 3 is 1.55 bits per heavy atom. The fourth-order valence-corrected chi connectivity index (χ4v) is 6.32. The van der Waals surface area contributed by atoms with Crippen molar-refractivity contribution < 1.29 is 50.5 Å². The van der Waals surface area contributed by atoms with Crippen molar-refractivity contribution in [1.29, 1.82) is 0 Å². The van der Waals surface area contributed by atoms with Gasteiger partial charge in [-0.1, -0.05) is 0 Å². The zero-order chi connectivity index (χ0) is 40.4. The number of carbonyl (C=O) groups excluding carboxylic acids is 3. The lowest BCUT2D eigenvalue weighted by Crippen LogP contribution is -2.28. The van der Waals surface area contributed by atoms with Gasteiger partial charge in [0.1, 0.15) is 38.4 Å². The average molecular weight is 800 g/mol. The zero-order valence-electron chi connectivity index (χ0n) is 28.0. The molecule has 0 saturated heterocycles. The van der Waals surface area contributed by atoms with Crippen LogP contribution in [0.3, 0.4) is 0 Å². The lowest BCUT2D eigenvalue weighted by Gasteiger charge is -2.20. The number of hydrazone groups is 3. The molecule has 284 valence electrons. The number of aliphatic hydroxyl groups excluding tert-OH is 2. The number of aliphatic hydroxyl groups is 2. The number of rotatable bonds is 10. The quantitative estimate of drug-likeness (QED) is 0.0459.